The molecule has 1 aliphatic heterocycles. The third kappa shape index (κ3) is 3.59. The van der Waals surface area contributed by atoms with E-state index in [-0.39, 0.29) is 22.9 Å². The molecule has 0 aliphatic carbocycles. The normalized spacial score (nSPS) is 21.2. The summed E-state index contributed by atoms with van der Waals surface area (Å²) in [6.45, 7) is 0. The zero-order valence-corrected chi connectivity index (χ0v) is 17.7. The molecule has 33 heavy (non-hydrogen) atoms. The standard InChI is InChI=1S/C22H20F2N4O5/c1-26-18(7-13-11-25-16-8-14(23)9-17(19(13)16)28(32)33)20(29)27(2)22(31,21(26)30)10-12-5-3-4-6-15(12)24/h3-6,8-9,11,18,25,31H,7,10H2,1-2H3/t18-,22+/m0/s1. The van der Waals surface area contributed by atoms with Crippen LogP contribution in [0.3, 0.4) is 0 Å². The van der Waals surface area contributed by atoms with E-state index in [1.165, 1.54) is 38.5 Å². The fraction of sp³-hybridized carbons (Fsp3) is 0.273. The number of nitro benzene ring substituents is 1. The summed E-state index contributed by atoms with van der Waals surface area (Å²) in [5, 5.41) is 22.7. The van der Waals surface area contributed by atoms with Crippen molar-refractivity contribution in [2.45, 2.75) is 24.6 Å². The zero-order valence-electron chi connectivity index (χ0n) is 17.7. The first-order valence-electron chi connectivity index (χ1n) is 9.99. The van der Waals surface area contributed by atoms with Crippen LogP contribution in [0.15, 0.2) is 42.6 Å². The van der Waals surface area contributed by atoms with Gasteiger partial charge in [0.2, 0.25) is 11.6 Å². The summed E-state index contributed by atoms with van der Waals surface area (Å²) in [7, 11) is 2.57. The second-order valence-electron chi connectivity index (χ2n) is 8.04. The summed E-state index contributed by atoms with van der Waals surface area (Å²) in [4.78, 5) is 41.7. The SMILES string of the molecule is CN1C(=O)[C@](O)(Cc2ccccc2F)N(C)C(=O)[C@@H]1Cc1c[nH]c2cc(F)cc([N+](=O)[O-])c12. The lowest BCUT2D eigenvalue weighted by Gasteiger charge is -2.47. The number of hydrogen-bond donors (Lipinski definition) is 2. The monoisotopic (exact) mass is 458 g/mol. The maximum absolute atomic E-state index is 14.1. The summed E-state index contributed by atoms with van der Waals surface area (Å²) in [5.74, 6) is -2.86. The molecule has 2 aromatic carbocycles. The van der Waals surface area contributed by atoms with Gasteiger partial charge in [0.15, 0.2) is 0 Å². The number of non-ortho nitro benzene ring substituents is 1. The number of nitro groups is 1. The molecular formula is C22H20F2N4O5. The van der Waals surface area contributed by atoms with Crippen LogP contribution in [0.5, 0.6) is 0 Å². The Labute approximate surface area is 186 Å². The third-order valence-corrected chi connectivity index (χ3v) is 6.11. The number of carbonyl (C=O) groups excluding carboxylic acids is 2. The van der Waals surface area contributed by atoms with Gasteiger partial charge in [0, 0.05) is 33.1 Å². The molecule has 0 unspecified atom stereocenters. The number of aromatic amines is 1. The van der Waals surface area contributed by atoms with Gasteiger partial charge < -0.3 is 19.9 Å². The predicted molar refractivity (Wildman–Crippen MR) is 113 cm³/mol. The van der Waals surface area contributed by atoms with Crippen LogP contribution in [0.25, 0.3) is 10.9 Å². The number of likely N-dealkylation sites (N-methyl/N-ethyl adjacent to an activating group) is 2. The average Bonchev–Trinajstić information content (AvgIpc) is 3.17. The van der Waals surface area contributed by atoms with E-state index in [0.717, 1.165) is 21.9 Å². The van der Waals surface area contributed by atoms with E-state index in [1.54, 1.807) is 6.07 Å². The van der Waals surface area contributed by atoms with Crippen molar-refractivity contribution >= 4 is 28.4 Å². The number of piperazine rings is 1. The topological polar surface area (TPSA) is 120 Å². The molecule has 1 aromatic heterocycles. The first-order chi connectivity index (χ1) is 15.5. The fourth-order valence-corrected chi connectivity index (χ4v) is 4.26. The van der Waals surface area contributed by atoms with Crippen LogP contribution in [-0.4, -0.2) is 62.5 Å². The fourth-order valence-electron chi connectivity index (χ4n) is 4.26. The number of aromatic nitrogens is 1. The highest BCUT2D eigenvalue weighted by Gasteiger charge is 2.53. The van der Waals surface area contributed by atoms with Gasteiger partial charge in [-0.3, -0.25) is 19.7 Å². The summed E-state index contributed by atoms with van der Waals surface area (Å²) in [6.07, 6.45) is 0.853. The Morgan fingerprint density at radius 3 is 2.55 bits per heavy atom. The molecule has 0 saturated carbocycles. The minimum absolute atomic E-state index is 0.0640. The molecule has 11 heteroatoms. The van der Waals surface area contributed by atoms with Crippen molar-refractivity contribution in [3.63, 3.8) is 0 Å². The van der Waals surface area contributed by atoms with Gasteiger partial charge in [-0.05, 0) is 23.3 Å². The number of amides is 2. The van der Waals surface area contributed by atoms with Crippen LogP contribution < -0.4 is 0 Å². The summed E-state index contributed by atoms with van der Waals surface area (Å²) in [5.41, 5.74) is -2.20. The number of H-pyrrole nitrogens is 1. The van der Waals surface area contributed by atoms with Crippen molar-refractivity contribution in [1.82, 2.24) is 14.8 Å². The molecule has 3 aromatic rings. The second kappa shape index (κ2) is 7.93. The molecule has 2 heterocycles. The van der Waals surface area contributed by atoms with Gasteiger partial charge in [-0.1, -0.05) is 18.2 Å². The molecule has 1 saturated heterocycles. The molecule has 0 spiro atoms. The lowest BCUT2D eigenvalue weighted by Crippen LogP contribution is -2.71. The van der Waals surface area contributed by atoms with Crippen LogP contribution >= 0.6 is 0 Å². The Balaban J connectivity index is 1.68. The van der Waals surface area contributed by atoms with E-state index in [0.29, 0.717) is 5.56 Å². The van der Waals surface area contributed by atoms with Crippen molar-refractivity contribution < 1.29 is 28.4 Å². The molecule has 1 fully saturated rings. The van der Waals surface area contributed by atoms with Crippen molar-refractivity contribution in [1.29, 1.82) is 0 Å². The van der Waals surface area contributed by atoms with Gasteiger partial charge in [-0.15, -0.1) is 0 Å². The number of rotatable bonds is 5. The van der Waals surface area contributed by atoms with Crippen molar-refractivity contribution in [2.24, 2.45) is 0 Å². The van der Waals surface area contributed by atoms with E-state index < -0.39 is 52.2 Å². The van der Waals surface area contributed by atoms with Crippen molar-refractivity contribution in [2.75, 3.05) is 14.1 Å². The Bertz CT molecular complexity index is 1290. The van der Waals surface area contributed by atoms with Gasteiger partial charge in [0.05, 0.1) is 21.9 Å². The van der Waals surface area contributed by atoms with Gasteiger partial charge >= 0.3 is 0 Å². The van der Waals surface area contributed by atoms with E-state index in [9.17, 15) is 33.6 Å². The van der Waals surface area contributed by atoms with E-state index in [1.807, 2.05) is 0 Å². The predicted octanol–water partition coefficient (Wildman–Crippen LogP) is 2.13. The molecule has 0 bridgehead atoms. The number of carbonyl (C=O) groups is 2. The number of nitrogens with zero attached hydrogens (tertiary/aromatic N) is 3. The lowest BCUT2D eigenvalue weighted by molar-refractivity contribution is -0.383. The first kappa shape index (κ1) is 22.3. The van der Waals surface area contributed by atoms with Crippen LogP contribution in [-0.2, 0) is 22.4 Å². The molecule has 2 atom stereocenters. The maximum atomic E-state index is 14.1. The van der Waals surface area contributed by atoms with Crippen LogP contribution in [0.4, 0.5) is 14.5 Å². The highest BCUT2D eigenvalue weighted by atomic mass is 19.1. The molecular weight excluding hydrogens is 438 g/mol. The Morgan fingerprint density at radius 2 is 1.88 bits per heavy atom. The Hall–Kier alpha value is -3.86. The highest BCUT2D eigenvalue weighted by Crippen LogP contribution is 2.33. The molecule has 2 amide bonds. The smallest absolute Gasteiger partial charge is 0.281 e. The summed E-state index contributed by atoms with van der Waals surface area (Å²) >= 11 is 0. The zero-order chi connectivity index (χ0) is 24.1. The van der Waals surface area contributed by atoms with E-state index in [2.05, 4.69) is 4.98 Å². The summed E-state index contributed by atoms with van der Waals surface area (Å²) < 4.78 is 27.9. The van der Waals surface area contributed by atoms with E-state index >= 15 is 0 Å². The number of fused-ring (bicyclic) bond motifs is 1. The largest absolute Gasteiger partial charge is 0.363 e. The number of aliphatic hydroxyl groups is 1. The molecule has 2 N–H and O–H groups in total. The minimum Gasteiger partial charge on any atom is -0.363 e. The summed E-state index contributed by atoms with van der Waals surface area (Å²) in [6, 6.07) is 6.42. The Morgan fingerprint density at radius 1 is 1.18 bits per heavy atom. The first-order valence-corrected chi connectivity index (χ1v) is 9.99. The molecule has 172 valence electrons. The van der Waals surface area contributed by atoms with Gasteiger partial charge in [0.25, 0.3) is 11.6 Å². The van der Waals surface area contributed by atoms with Gasteiger partial charge in [-0.25, -0.2) is 8.78 Å². The average molecular weight is 458 g/mol. The third-order valence-electron chi connectivity index (χ3n) is 6.11. The number of benzene rings is 2. The van der Waals surface area contributed by atoms with Gasteiger partial charge in [-0.2, -0.15) is 0 Å². The van der Waals surface area contributed by atoms with E-state index in [4.69, 9.17) is 0 Å². The van der Waals surface area contributed by atoms with Crippen LogP contribution in [0, 0.1) is 21.7 Å². The number of hydrogen-bond acceptors (Lipinski definition) is 5. The van der Waals surface area contributed by atoms with Crippen molar-refractivity contribution in [3.8, 4) is 0 Å². The molecule has 0 radical (unpaired) electrons. The molecule has 4 rings (SSSR count). The molecule has 9 nitrogen and oxygen atoms in total. The van der Waals surface area contributed by atoms with Gasteiger partial charge in [0.1, 0.15) is 17.7 Å². The Kier molecular flexibility index (Phi) is 5.36. The molecule has 1 aliphatic rings. The second-order valence-corrected chi connectivity index (χ2v) is 8.04. The lowest BCUT2D eigenvalue weighted by atomic mass is 9.92. The number of halogens is 2. The maximum Gasteiger partial charge on any atom is 0.281 e. The van der Waals surface area contributed by atoms with Crippen LogP contribution in [0.2, 0.25) is 0 Å². The highest BCUT2D eigenvalue weighted by molar-refractivity contribution is 5.99. The van der Waals surface area contributed by atoms with Crippen molar-refractivity contribution in [3.05, 3.63) is 75.5 Å². The number of nitrogens with one attached hydrogen (secondary N) is 1. The van der Waals surface area contributed by atoms with Crippen LogP contribution in [0.1, 0.15) is 11.1 Å². The minimum atomic E-state index is -2.31. The quantitative estimate of drug-likeness (QED) is 0.448.